The maximum absolute atomic E-state index is 7.56. The Balaban J connectivity index is 1.00. The zero-order valence-electron chi connectivity index (χ0n) is 52.8. The molecule has 0 spiro atoms. The molecule has 15 rings (SSSR count). The van der Waals surface area contributed by atoms with Gasteiger partial charge in [-0.25, -0.2) is 0 Å². The number of ether oxygens (including phenoxy) is 1. The van der Waals surface area contributed by atoms with Crippen molar-refractivity contribution in [2.45, 2.75) is 111 Å². The Morgan fingerprint density at radius 1 is 0.375 bits per heavy atom. The molecule has 0 fully saturated rings. The van der Waals surface area contributed by atoms with Crippen LogP contribution in [-0.2, 0) is 28.2 Å². The Morgan fingerprint density at radius 3 is 1.28 bits per heavy atom. The summed E-state index contributed by atoms with van der Waals surface area (Å²) in [4.78, 5) is 7.32. The first kappa shape index (κ1) is 55.2. The monoisotopic (exact) mass is 1140 g/mol. The van der Waals surface area contributed by atoms with Crippen LogP contribution >= 0.6 is 0 Å². The molecule has 0 unspecified atom stereocenters. The molecule has 0 atom stereocenters. The fraction of sp³-hybridized carbons (Fsp3) is 0.207. The molecule has 2 aliphatic heterocycles. The minimum absolute atomic E-state index is 0.0112. The second-order valence-electron chi connectivity index (χ2n) is 28.9. The van der Waals surface area contributed by atoms with E-state index in [-0.39, 0.29) is 28.4 Å². The van der Waals surface area contributed by atoms with Gasteiger partial charge in [-0.3, -0.25) is 4.98 Å². The van der Waals surface area contributed by atoms with Crippen LogP contribution in [0.5, 0.6) is 11.5 Å². The summed E-state index contributed by atoms with van der Waals surface area (Å²) in [7, 11) is 0. The molecule has 0 radical (unpaired) electrons. The Labute approximate surface area is 519 Å². The molecule has 0 saturated carbocycles. The standard InChI is InChI=1S/C82H75BN4O/c1-79(2,3)55-28-36-70-63(43-55)64-44-56(80(4,5)6)29-37-71(64)86(70)59-32-34-68-74(47-59)85(50-67-61(51-21-15-13-16-22-51)26-19-27-62(67)52-23-17-14-18-24-52)75-41-54(53-25-20-40-84-49-53)42-77-78(75)83(68)69-35-33-60(48-76(69)88-77)87-72-38-30-57(81(7,8)9)45-65(72)66-46-58(82(10,11)12)31-39-73(66)87/h13-49H,50H2,1-12H3. The quantitative estimate of drug-likeness (QED) is 0.149. The van der Waals surface area contributed by atoms with Gasteiger partial charge in [0.2, 0.25) is 0 Å². The van der Waals surface area contributed by atoms with Crippen molar-refractivity contribution in [1.29, 1.82) is 0 Å². The molecule has 432 valence electrons. The molecule has 88 heavy (non-hydrogen) atoms. The van der Waals surface area contributed by atoms with Gasteiger partial charge in [-0.05, 0) is 179 Å². The molecule has 3 aromatic heterocycles. The van der Waals surface area contributed by atoms with Crippen LogP contribution in [0.25, 0.3) is 88.4 Å². The van der Waals surface area contributed by atoms with Crippen LogP contribution < -0.4 is 26.0 Å². The van der Waals surface area contributed by atoms with Gasteiger partial charge in [-0.2, -0.15) is 0 Å². The molecule has 6 heteroatoms. The molecule has 5 heterocycles. The van der Waals surface area contributed by atoms with Crippen molar-refractivity contribution in [2.24, 2.45) is 0 Å². The summed E-state index contributed by atoms with van der Waals surface area (Å²) in [5, 5.41) is 5.06. The molecule has 10 aromatic carbocycles. The molecule has 2 aliphatic rings. The van der Waals surface area contributed by atoms with Crippen LogP contribution in [0.1, 0.15) is 111 Å². The Kier molecular flexibility index (Phi) is 12.6. The predicted molar refractivity (Wildman–Crippen MR) is 374 cm³/mol. The maximum Gasteiger partial charge on any atom is 0.256 e. The van der Waals surface area contributed by atoms with Gasteiger partial charge in [0.15, 0.2) is 0 Å². The van der Waals surface area contributed by atoms with Crippen molar-refractivity contribution in [2.75, 3.05) is 4.90 Å². The van der Waals surface area contributed by atoms with Crippen molar-refractivity contribution >= 4 is 78.1 Å². The van der Waals surface area contributed by atoms with Gasteiger partial charge in [0.25, 0.3) is 6.71 Å². The smallest absolute Gasteiger partial charge is 0.256 e. The minimum Gasteiger partial charge on any atom is -0.458 e. The third-order valence-electron chi connectivity index (χ3n) is 19.0. The number of hydrogen-bond acceptors (Lipinski definition) is 3. The lowest BCUT2D eigenvalue weighted by molar-refractivity contribution is 0.487. The van der Waals surface area contributed by atoms with Gasteiger partial charge in [-0.1, -0.05) is 204 Å². The van der Waals surface area contributed by atoms with E-state index >= 15 is 0 Å². The second kappa shape index (κ2) is 20.1. The molecule has 0 bridgehead atoms. The number of rotatable bonds is 7. The summed E-state index contributed by atoms with van der Waals surface area (Å²) >= 11 is 0. The lowest BCUT2D eigenvalue weighted by atomic mass is 9.34. The van der Waals surface area contributed by atoms with Gasteiger partial charge in [0, 0.05) is 74.9 Å². The average Bonchev–Trinajstić information content (AvgIpc) is 1.09. The summed E-state index contributed by atoms with van der Waals surface area (Å²) in [6.07, 6.45) is 3.84. The van der Waals surface area contributed by atoms with E-state index in [1.54, 1.807) is 0 Å². The number of aromatic nitrogens is 3. The van der Waals surface area contributed by atoms with E-state index in [0.29, 0.717) is 6.54 Å². The average molecular weight is 1140 g/mol. The highest BCUT2D eigenvalue weighted by atomic mass is 16.5. The van der Waals surface area contributed by atoms with E-state index in [2.05, 4.69) is 303 Å². The molecule has 0 amide bonds. The second-order valence-corrected chi connectivity index (χ2v) is 28.9. The van der Waals surface area contributed by atoms with E-state index in [1.165, 1.54) is 99.1 Å². The lowest BCUT2D eigenvalue weighted by Crippen LogP contribution is -2.60. The molecule has 0 aliphatic carbocycles. The van der Waals surface area contributed by atoms with Gasteiger partial charge < -0.3 is 18.8 Å². The van der Waals surface area contributed by atoms with E-state index in [1.807, 2.05) is 18.5 Å². The highest BCUT2D eigenvalue weighted by molar-refractivity contribution is 6.99. The lowest BCUT2D eigenvalue weighted by Gasteiger charge is -2.41. The number of hydrogen-bond donors (Lipinski definition) is 0. The van der Waals surface area contributed by atoms with Crippen LogP contribution in [0.4, 0.5) is 11.4 Å². The van der Waals surface area contributed by atoms with Gasteiger partial charge in [-0.15, -0.1) is 0 Å². The van der Waals surface area contributed by atoms with Gasteiger partial charge >= 0.3 is 0 Å². The Morgan fingerprint density at radius 2 is 0.830 bits per heavy atom. The van der Waals surface area contributed by atoms with Gasteiger partial charge in [0.1, 0.15) is 11.5 Å². The number of fused-ring (bicyclic) bond motifs is 10. The maximum atomic E-state index is 7.56. The third kappa shape index (κ3) is 9.17. The Bertz CT molecular complexity index is 4750. The summed E-state index contributed by atoms with van der Waals surface area (Å²) < 4.78 is 12.5. The van der Waals surface area contributed by atoms with Crippen LogP contribution in [0.3, 0.4) is 0 Å². The zero-order chi connectivity index (χ0) is 60.8. The molecule has 0 saturated heterocycles. The number of benzene rings is 10. The number of nitrogens with zero attached hydrogens (tertiary/aromatic N) is 4. The van der Waals surface area contributed by atoms with Crippen LogP contribution in [0, 0.1) is 0 Å². The van der Waals surface area contributed by atoms with Crippen molar-refractivity contribution in [3.05, 3.63) is 253 Å². The summed E-state index contributed by atoms with van der Waals surface area (Å²) in [5.41, 5.74) is 26.0. The zero-order valence-corrected chi connectivity index (χ0v) is 52.8. The fourth-order valence-electron chi connectivity index (χ4n) is 14.1. The molecule has 0 N–H and O–H groups in total. The first-order chi connectivity index (χ1) is 42.2. The normalized spacial score (nSPS) is 13.3. The third-order valence-corrected chi connectivity index (χ3v) is 19.0. The van der Waals surface area contributed by atoms with Gasteiger partial charge in [0.05, 0.1) is 22.1 Å². The van der Waals surface area contributed by atoms with Crippen LogP contribution in [0.15, 0.2) is 225 Å². The van der Waals surface area contributed by atoms with Crippen LogP contribution in [0.2, 0.25) is 0 Å². The van der Waals surface area contributed by atoms with Crippen LogP contribution in [-0.4, -0.2) is 20.8 Å². The summed E-state index contributed by atoms with van der Waals surface area (Å²) in [6.45, 7) is 28.2. The largest absolute Gasteiger partial charge is 0.458 e. The van der Waals surface area contributed by atoms with Crippen molar-refractivity contribution in [1.82, 2.24) is 14.1 Å². The first-order valence-corrected chi connectivity index (χ1v) is 31.4. The Hall–Kier alpha value is -9.39. The van der Waals surface area contributed by atoms with E-state index < -0.39 is 0 Å². The fourth-order valence-corrected chi connectivity index (χ4v) is 14.1. The summed E-state index contributed by atoms with van der Waals surface area (Å²) in [5.74, 6) is 1.71. The molecular weight excluding hydrogens is 1070 g/mol. The molecule has 13 aromatic rings. The van der Waals surface area contributed by atoms with Crippen molar-refractivity contribution in [3.8, 4) is 56.3 Å². The SMILES string of the molecule is CC(C)(C)c1ccc2c(c1)c1cc(C(C)(C)C)ccc1n2-c1ccc2c(c1)Oc1cc(-c3cccnc3)cc3c1B2c1ccc(-n2c4ccc(C(C)(C)C)cc4c4cc(C(C)(C)C)ccc42)cc1N3Cc1c(-c2ccccc2)cccc1-c1ccccc1. The number of pyridine rings is 1. The van der Waals surface area contributed by atoms with Crippen molar-refractivity contribution in [3.63, 3.8) is 0 Å². The topological polar surface area (TPSA) is 35.2 Å². The van der Waals surface area contributed by atoms with E-state index in [4.69, 9.17) is 9.72 Å². The highest BCUT2D eigenvalue weighted by Crippen LogP contribution is 2.46. The predicted octanol–water partition coefficient (Wildman–Crippen LogP) is 19.7. The first-order valence-electron chi connectivity index (χ1n) is 31.4. The molecule has 5 nitrogen and oxygen atoms in total. The van der Waals surface area contributed by atoms with E-state index in [0.717, 1.165) is 56.3 Å². The minimum atomic E-state index is -0.160. The highest BCUT2D eigenvalue weighted by Gasteiger charge is 2.43. The van der Waals surface area contributed by atoms with E-state index in [9.17, 15) is 0 Å². The summed E-state index contributed by atoms with van der Waals surface area (Å²) in [6, 6.07) is 80.4. The molecular formula is C82H75BN4O. The number of anilines is 2. The van der Waals surface area contributed by atoms with Crippen molar-refractivity contribution < 1.29 is 4.74 Å².